The minimum atomic E-state index is 0. The van der Waals surface area contributed by atoms with Gasteiger partial charge in [0.05, 0.1) is 18.0 Å². The van der Waals surface area contributed by atoms with E-state index in [1.165, 1.54) is 0 Å². The number of anilines is 1. The van der Waals surface area contributed by atoms with Crippen molar-refractivity contribution in [3.05, 3.63) is 71.9 Å². The van der Waals surface area contributed by atoms with Gasteiger partial charge in [-0.05, 0) is 43.5 Å². The standard InChI is InChI=1S/C24H29N7O.HI/c1-27-24(29-16-9-17-32-20-12-6-3-7-13-20)28-15-8-14-22-21(18-25)23(26)31(30-22)19-10-4-2-5-11-19;/h2-7,10-13H,8-9,14-17,26H2,1H3,(H2,27,28,29);1H. The van der Waals surface area contributed by atoms with Crippen LogP contribution < -0.4 is 21.1 Å². The average Bonchev–Trinajstić information content (AvgIpc) is 3.16. The van der Waals surface area contributed by atoms with Crippen LogP contribution in [0.3, 0.4) is 0 Å². The van der Waals surface area contributed by atoms with Gasteiger partial charge in [0.25, 0.3) is 0 Å². The maximum Gasteiger partial charge on any atom is 0.190 e. The number of para-hydroxylation sites is 2. The van der Waals surface area contributed by atoms with E-state index >= 15 is 0 Å². The van der Waals surface area contributed by atoms with Gasteiger partial charge in [-0.3, -0.25) is 4.99 Å². The number of nitrogens with two attached hydrogens (primary N) is 1. The molecule has 8 nitrogen and oxygen atoms in total. The van der Waals surface area contributed by atoms with E-state index in [9.17, 15) is 5.26 Å². The second-order valence-corrected chi connectivity index (χ2v) is 7.11. The lowest BCUT2D eigenvalue weighted by Crippen LogP contribution is -2.38. The van der Waals surface area contributed by atoms with Crippen LogP contribution in [-0.4, -0.2) is 42.5 Å². The molecule has 33 heavy (non-hydrogen) atoms. The Hall–Kier alpha value is -3.26. The molecule has 0 unspecified atom stereocenters. The number of nitrogens with one attached hydrogen (secondary N) is 2. The van der Waals surface area contributed by atoms with Crippen molar-refractivity contribution in [1.29, 1.82) is 5.26 Å². The Balaban J connectivity index is 0.00000385. The van der Waals surface area contributed by atoms with Crippen LogP contribution in [0.1, 0.15) is 24.1 Å². The van der Waals surface area contributed by atoms with E-state index < -0.39 is 0 Å². The number of benzene rings is 2. The van der Waals surface area contributed by atoms with Crippen molar-refractivity contribution < 1.29 is 4.74 Å². The molecule has 1 aromatic heterocycles. The van der Waals surface area contributed by atoms with E-state index in [1.54, 1.807) is 11.7 Å². The van der Waals surface area contributed by atoms with Gasteiger partial charge in [-0.15, -0.1) is 24.0 Å². The second kappa shape index (κ2) is 14.0. The number of aliphatic imine (C=N–C) groups is 1. The van der Waals surface area contributed by atoms with Gasteiger partial charge in [-0.2, -0.15) is 10.4 Å². The first kappa shape index (κ1) is 26.0. The van der Waals surface area contributed by atoms with Crippen molar-refractivity contribution in [3.63, 3.8) is 0 Å². The normalized spacial score (nSPS) is 10.7. The molecule has 0 saturated carbocycles. The van der Waals surface area contributed by atoms with Gasteiger partial charge in [0.2, 0.25) is 0 Å². The number of hydrogen-bond acceptors (Lipinski definition) is 5. The predicted molar refractivity (Wildman–Crippen MR) is 142 cm³/mol. The minimum Gasteiger partial charge on any atom is -0.494 e. The summed E-state index contributed by atoms with van der Waals surface area (Å²) in [6.07, 6.45) is 2.29. The van der Waals surface area contributed by atoms with Crippen molar-refractivity contribution in [3.8, 4) is 17.5 Å². The summed E-state index contributed by atoms with van der Waals surface area (Å²) in [7, 11) is 1.74. The fourth-order valence-electron chi connectivity index (χ4n) is 3.21. The largest absolute Gasteiger partial charge is 0.494 e. The minimum absolute atomic E-state index is 0. The third-order valence-electron chi connectivity index (χ3n) is 4.84. The zero-order valence-electron chi connectivity index (χ0n) is 18.7. The topological polar surface area (TPSA) is 113 Å². The summed E-state index contributed by atoms with van der Waals surface area (Å²) in [6.45, 7) is 2.09. The van der Waals surface area contributed by atoms with E-state index in [2.05, 4.69) is 26.8 Å². The van der Waals surface area contributed by atoms with Crippen molar-refractivity contribution >= 4 is 35.8 Å². The van der Waals surface area contributed by atoms with Gasteiger partial charge in [0.15, 0.2) is 5.96 Å². The van der Waals surface area contributed by atoms with Crippen LogP contribution in [0, 0.1) is 11.3 Å². The van der Waals surface area contributed by atoms with E-state index in [1.807, 2.05) is 60.7 Å². The van der Waals surface area contributed by atoms with Crippen LogP contribution in [0.15, 0.2) is 65.7 Å². The lowest BCUT2D eigenvalue weighted by Gasteiger charge is -2.12. The number of ether oxygens (including phenoxy) is 1. The number of nitrogen functional groups attached to an aromatic ring is 1. The molecule has 0 aliphatic carbocycles. The summed E-state index contributed by atoms with van der Waals surface area (Å²) in [5.41, 5.74) is 8.14. The van der Waals surface area contributed by atoms with Crippen LogP contribution in [-0.2, 0) is 6.42 Å². The molecule has 0 saturated heterocycles. The van der Waals surface area contributed by atoms with Gasteiger partial charge >= 0.3 is 0 Å². The Bertz CT molecular complexity index is 1050. The molecule has 0 bridgehead atoms. The first-order valence-electron chi connectivity index (χ1n) is 10.7. The van der Waals surface area contributed by atoms with Gasteiger partial charge in [-0.1, -0.05) is 36.4 Å². The fraction of sp³-hybridized carbons (Fsp3) is 0.292. The summed E-state index contributed by atoms with van der Waals surface area (Å²) < 4.78 is 7.31. The van der Waals surface area contributed by atoms with Gasteiger partial charge in [0.1, 0.15) is 23.2 Å². The maximum absolute atomic E-state index is 9.52. The zero-order valence-corrected chi connectivity index (χ0v) is 21.0. The van der Waals surface area contributed by atoms with Crippen molar-refractivity contribution in [2.75, 3.05) is 32.5 Å². The number of nitriles is 1. The Morgan fingerprint density at radius 3 is 2.33 bits per heavy atom. The molecule has 9 heteroatoms. The molecule has 0 fully saturated rings. The van der Waals surface area contributed by atoms with Gasteiger partial charge in [0, 0.05) is 20.1 Å². The molecule has 4 N–H and O–H groups in total. The Kier molecular flexibility index (Phi) is 11.0. The summed E-state index contributed by atoms with van der Waals surface area (Å²) >= 11 is 0. The first-order chi connectivity index (χ1) is 15.7. The van der Waals surface area contributed by atoms with Gasteiger partial charge in [-0.25, -0.2) is 4.68 Å². The smallest absolute Gasteiger partial charge is 0.190 e. The van der Waals surface area contributed by atoms with Crippen LogP contribution in [0.2, 0.25) is 0 Å². The Morgan fingerprint density at radius 2 is 1.70 bits per heavy atom. The Morgan fingerprint density at radius 1 is 1.06 bits per heavy atom. The molecular formula is C24H30IN7O. The summed E-state index contributed by atoms with van der Waals surface area (Å²) in [5, 5.41) is 20.6. The molecule has 0 aliphatic rings. The lowest BCUT2D eigenvalue weighted by molar-refractivity contribution is 0.311. The summed E-state index contributed by atoms with van der Waals surface area (Å²) in [5.74, 6) is 1.98. The maximum atomic E-state index is 9.52. The third-order valence-corrected chi connectivity index (χ3v) is 4.84. The Labute approximate surface area is 211 Å². The van der Waals surface area contributed by atoms with E-state index in [0.717, 1.165) is 36.8 Å². The highest BCUT2D eigenvalue weighted by Gasteiger charge is 2.16. The number of rotatable bonds is 10. The highest BCUT2D eigenvalue weighted by Crippen LogP contribution is 2.21. The number of hydrogen-bond donors (Lipinski definition) is 3. The highest BCUT2D eigenvalue weighted by molar-refractivity contribution is 14.0. The molecule has 0 radical (unpaired) electrons. The van der Waals surface area contributed by atoms with E-state index in [0.29, 0.717) is 36.6 Å². The van der Waals surface area contributed by atoms with Gasteiger partial charge < -0.3 is 21.1 Å². The number of nitrogens with zero attached hydrogens (tertiary/aromatic N) is 4. The van der Waals surface area contributed by atoms with Crippen LogP contribution in [0.5, 0.6) is 5.75 Å². The molecule has 0 amide bonds. The molecular weight excluding hydrogens is 529 g/mol. The lowest BCUT2D eigenvalue weighted by atomic mass is 10.1. The molecule has 0 spiro atoms. The molecule has 3 rings (SSSR count). The van der Waals surface area contributed by atoms with Crippen LogP contribution in [0.25, 0.3) is 5.69 Å². The number of aromatic nitrogens is 2. The monoisotopic (exact) mass is 559 g/mol. The average molecular weight is 559 g/mol. The van der Waals surface area contributed by atoms with E-state index in [4.69, 9.17) is 10.5 Å². The van der Waals surface area contributed by atoms with Crippen molar-refractivity contribution in [1.82, 2.24) is 20.4 Å². The van der Waals surface area contributed by atoms with Crippen molar-refractivity contribution in [2.24, 2.45) is 4.99 Å². The number of halogens is 1. The highest BCUT2D eigenvalue weighted by atomic mass is 127. The molecule has 0 aliphatic heterocycles. The number of guanidine groups is 1. The molecule has 3 aromatic rings. The SMILES string of the molecule is CN=C(NCCCOc1ccccc1)NCCCc1nn(-c2ccccc2)c(N)c1C#N.I. The summed E-state index contributed by atoms with van der Waals surface area (Å²) in [4.78, 5) is 4.24. The number of aryl methyl sites for hydroxylation is 1. The van der Waals surface area contributed by atoms with E-state index in [-0.39, 0.29) is 24.0 Å². The first-order valence-corrected chi connectivity index (χ1v) is 10.7. The quantitative estimate of drug-likeness (QED) is 0.152. The van der Waals surface area contributed by atoms with Crippen molar-refractivity contribution in [2.45, 2.75) is 19.3 Å². The van der Waals surface area contributed by atoms with Crippen LogP contribution >= 0.6 is 24.0 Å². The second-order valence-electron chi connectivity index (χ2n) is 7.11. The molecule has 2 aromatic carbocycles. The molecule has 0 atom stereocenters. The molecule has 174 valence electrons. The molecule has 1 heterocycles. The van der Waals surface area contributed by atoms with Crippen LogP contribution in [0.4, 0.5) is 5.82 Å². The fourth-order valence-corrected chi connectivity index (χ4v) is 3.21. The zero-order chi connectivity index (χ0) is 22.6. The third kappa shape index (κ3) is 7.68. The predicted octanol–water partition coefficient (Wildman–Crippen LogP) is 3.51. The summed E-state index contributed by atoms with van der Waals surface area (Å²) in [6, 6.07) is 21.6.